The molecule has 0 saturated heterocycles. The van der Waals surface area contributed by atoms with Crippen LogP contribution in [0.5, 0.6) is 0 Å². The second-order valence-corrected chi connectivity index (χ2v) is 5.61. The topological polar surface area (TPSA) is 29.1 Å². The van der Waals surface area contributed by atoms with Gasteiger partial charge in [-0.2, -0.15) is 13.2 Å². The first-order valence-electron chi connectivity index (χ1n) is 7.31. The Labute approximate surface area is 129 Å². The van der Waals surface area contributed by atoms with Gasteiger partial charge in [-0.25, -0.2) is 0 Å². The van der Waals surface area contributed by atoms with Crippen molar-refractivity contribution in [1.29, 1.82) is 0 Å². The van der Waals surface area contributed by atoms with E-state index in [4.69, 9.17) is 0 Å². The Balaban J connectivity index is 3.07. The fourth-order valence-electron chi connectivity index (χ4n) is 2.20. The summed E-state index contributed by atoms with van der Waals surface area (Å²) in [6.07, 6.45) is -1.87. The highest BCUT2D eigenvalue weighted by Gasteiger charge is 2.31. The second kappa shape index (κ2) is 7.47. The van der Waals surface area contributed by atoms with Gasteiger partial charge in [-0.15, -0.1) is 0 Å². The van der Waals surface area contributed by atoms with E-state index in [1.165, 1.54) is 6.07 Å². The number of alkyl halides is 3. The molecule has 0 fully saturated rings. The summed E-state index contributed by atoms with van der Waals surface area (Å²) in [7, 11) is 0. The Morgan fingerprint density at radius 1 is 1.32 bits per heavy atom. The Kier molecular flexibility index (Phi) is 6.21. The molecule has 0 spiro atoms. The molecule has 1 amide bonds. The fraction of sp³-hybridized carbons (Fsp3) is 0.471. The molecule has 0 bridgehead atoms. The number of benzene rings is 1. The molecule has 0 radical (unpaired) electrons. The maximum atomic E-state index is 12.8. The second-order valence-electron chi connectivity index (χ2n) is 5.61. The van der Waals surface area contributed by atoms with Crippen molar-refractivity contribution >= 4 is 5.91 Å². The first kappa shape index (κ1) is 18.3. The summed E-state index contributed by atoms with van der Waals surface area (Å²) in [5.41, 5.74) is 0.327. The van der Waals surface area contributed by atoms with Crippen molar-refractivity contribution in [1.82, 2.24) is 5.32 Å². The molecule has 5 heteroatoms. The third-order valence-electron chi connectivity index (χ3n) is 3.39. The van der Waals surface area contributed by atoms with Crippen LogP contribution in [-0.2, 0) is 11.0 Å². The molecule has 0 saturated carbocycles. The summed E-state index contributed by atoms with van der Waals surface area (Å²) in [6.45, 7) is 7.35. The lowest BCUT2D eigenvalue weighted by Gasteiger charge is -2.24. The maximum Gasteiger partial charge on any atom is 0.416 e. The molecule has 0 aromatic heterocycles. The van der Waals surface area contributed by atoms with E-state index in [0.717, 1.165) is 18.6 Å². The van der Waals surface area contributed by atoms with Gasteiger partial charge in [0.1, 0.15) is 0 Å². The highest BCUT2D eigenvalue weighted by molar-refractivity contribution is 5.93. The normalized spacial score (nSPS) is 14.1. The van der Waals surface area contributed by atoms with Crippen LogP contribution in [0.15, 0.2) is 35.9 Å². The van der Waals surface area contributed by atoms with Crippen LogP contribution in [0.4, 0.5) is 13.2 Å². The van der Waals surface area contributed by atoms with Gasteiger partial charge in [-0.1, -0.05) is 39.0 Å². The molecular formula is C17H22F3NO. The molecule has 1 aromatic carbocycles. The quantitative estimate of drug-likeness (QED) is 0.772. The smallest absolute Gasteiger partial charge is 0.345 e. The van der Waals surface area contributed by atoms with Gasteiger partial charge in [0.25, 0.3) is 0 Å². The zero-order valence-corrected chi connectivity index (χ0v) is 13.3. The van der Waals surface area contributed by atoms with E-state index in [9.17, 15) is 18.0 Å². The number of hydrogen-bond donors (Lipinski definition) is 1. The Bertz CT molecular complexity index is 547. The van der Waals surface area contributed by atoms with E-state index in [0.29, 0.717) is 11.1 Å². The van der Waals surface area contributed by atoms with E-state index < -0.39 is 17.8 Å². The van der Waals surface area contributed by atoms with Crippen LogP contribution in [0.25, 0.3) is 0 Å². The average Bonchev–Trinajstić information content (AvgIpc) is 2.43. The number of carbonyl (C=O) groups excluding carboxylic acids is 1. The summed E-state index contributed by atoms with van der Waals surface area (Å²) < 4.78 is 38.5. The third kappa shape index (κ3) is 4.90. The molecule has 0 aliphatic heterocycles. The summed E-state index contributed by atoms with van der Waals surface area (Å²) in [5, 5.41) is 2.82. The summed E-state index contributed by atoms with van der Waals surface area (Å²) in [4.78, 5) is 12.1. The highest BCUT2D eigenvalue weighted by atomic mass is 19.4. The predicted molar refractivity (Wildman–Crippen MR) is 81.2 cm³/mol. The van der Waals surface area contributed by atoms with Crippen molar-refractivity contribution in [3.05, 3.63) is 47.0 Å². The molecule has 1 atom stereocenters. The van der Waals surface area contributed by atoms with Crippen molar-refractivity contribution in [2.45, 2.75) is 46.3 Å². The van der Waals surface area contributed by atoms with Crippen molar-refractivity contribution in [3.8, 4) is 0 Å². The predicted octanol–water partition coefficient (Wildman–Crippen LogP) is 4.88. The van der Waals surface area contributed by atoms with E-state index in [1.807, 2.05) is 20.8 Å². The Hall–Kier alpha value is -1.78. The van der Waals surface area contributed by atoms with Gasteiger partial charge >= 0.3 is 6.18 Å². The van der Waals surface area contributed by atoms with Crippen molar-refractivity contribution in [3.63, 3.8) is 0 Å². The largest absolute Gasteiger partial charge is 0.416 e. The van der Waals surface area contributed by atoms with Gasteiger partial charge in [0.2, 0.25) is 5.91 Å². The number of nitrogens with one attached hydrogen (secondary N) is 1. The monoisotopic (exact) mass is 313 g/mol. The SMILES string of the molecule is CC/C=C(\C)C(=O)NC(c1cccc(C(F)(F)F)c1)C(C)C. The molecular weight excluding hydrogens is 291 g/mol. The Morgan fingerprint density at radius 2 is 1.95 bits per heavy atom. The molecule has 122 valence electrons. The number of allylic oxidation sites excluding steroid dienone is 1. The number of rotatable bonds is 5. The van der Waals surface area contributed by atoms with Gasteiger partial charge < -0.3 is 5.32 Å². The zero-order valence-electron chi connectivity index (χ0n) is 13.3. The highest BCUT2D eigenvalue weighted by Crippen LogP contribution is 2.32. The van der Waals surface area contributed by atoms with Crippen LogP contribution in [0.2, 0.25) is 0 Å². The van der Waals surface area contributed by atoms with Crippen LogP contribution in [0.3, 0.4) is 0 Å². The van der Waals surface area contributed by atoms with Crippen LogP contribution < -0.4 is 5.32 Å². The molecule has 0 aliphatic carbocycles. The van der Waals surface area contributed by atoms with Crippen LogP contribution in [0.1, 0.15) is 51.3 Å². The van der Waals surface area contributed by atoms with Gasteiger partial charge in [-0.05, 0) is 37.0 Å². The lowest BCUT2D eigenvalue weighted by molar-refractivity contribution is -0.137. The van der Waals surface area contributed by atoms with E-state index >= 15 is 0 Å². The third-order valence-corrected chi connectivity index (χ3v) is 3.39. The number of halogens is 3. The summed E-state index contributed by atoms with van der Waals surface area (Å²) in [6, 6.07) is 4.65. The maximum absolute atomic E-state index is 12.8. The minimum atomic E-state index is -4.39. The Morgan fingerprint density at radius 3 is 2.45 bits per heavy atom. The molecule has 0 aliphatic rings. The number of hydrogen-bond acceptors (Lipinski definition) is 1. The molecule has 22 heavy (non-hydrogen) atoms. The van der Waals surface area contributed by atoms with E-state index in [2.05, 4.69) is 5.32 Å². The first-order valence-corrected chi connectivity index (χ1v) is 7.31. The van der Waals surface area contributed by atoms with Crippen LogP contribution >= 0.6 is 0 Å². The van der Waals surface area contributed by atoms with Gasteiger partial charge in [0.05, 0.1) is 11.6 Å². The fourth-order valence-corrected chi connectivity index (χ4v) is 2.20. The minimum Gasteiger partial charge on any atom is -0.345 e. The lowest BCUT2D eigenvalue weighted by Crippen LogP contribution is -2.32. The standard InChI is InChI=1S/C17H22F3NO/c1-5-7-12(4)16(22)21-15(11(2)3)13-8-6-9-14(10-13)17(18,19)20/h6-11,15H,5H2,1-4H3,(H,21,22)/b12-7+. The van der Waals surface area contributed by atoms with Crippen molar-refractivity contribution < 1.29 is 18.0 Å². The van der Waals surface area contributed by atoms with Crippen molar-refractivity contribution in [2.75, 3.05) is 0 Å². The number of carbonyl (C=O) groups is 1. The van der Waals surface area contributed by atoms with Gasteiger partial charge in [0, 0.05) is 5.57 Å². The van der Waals surface area contributed by atoms with Crippen molar-refractivity contribution in [2.24, 2.45) is 5.92 Å². The molecule has 1 aromatic rings. The van der Waals surface area contributed by atoms with Gasteiger partial charge in [-0.3, -0.25) is 4.79 Å². The molecule has 2 nitrogen and oxygen atoms in total. The van der Waals surface area contributed by atoms with Gasteiger partial charge in [0.15, 0.2) is 0 Å². The summed E-state index contributed by atoms with van der Waals surface area (Å²) >= 11 is 0. The average molecular weight is 313 g/mol. The van der Waals surface area contributed by atoms with E-state index in [1.54, 1.807) is 19.1 Å². The minimum absolute atomic E-state index is 0.0261. The summed E-state index contributed by atoms with van der Waals surface area (Å²) in [5.74, 6) is -0.278. The van der Waals surface area contributed by atoms with E-state index in [-0.39, 0.29) is 11.8 Å². The van der Waals surface area contributed by atoms with Crippen LogP contribution in [0, 0.1) is 5.92 Å². The van der Waals surface area contributed by atoms with Crippen LogP contribution in [-0.4, -0.2) is 5.91 Å². The molecule has 1 unspecified atom stereocenters. The molecule has 0 heterocycles. The molecule has 1 rings (SSSR count). The lowest BCUT2D eigenvalue weighted by atomic mass is 9.94. The zero-order chi connectivity index (χ0) is 16.9. The number of amides is 1. The molecule has 1 N–H and O–H groups in total. The first-order chi connectivity index (χ1) is 10.2.